The molecule has 1 N–H and O–H groups in total. The number of halogens is 4. The molecule has 1 amide bonds. The molecule has 174 valence electrons. The van der Waals surface area contributed by atoms with Crippen molar-refractivity contribution in [3.05, 3.63) is 30.1 Å². The molecule has 2 aliphatic rings. The molecule has 13 heteroatoms. The molecule has 31 heavy (non-hydrogen) atoms. The van der Waals surface area contributed by atoms with E-state index in [9.17, 15) is 30.8 Å². The molecule has 2 aliphatic heterocycles. The minimum Gasteiger partial charge on any atom is -0.434 e. The maximum absolute atomic E-state index is 13.1. The molecule has 1 atom stereocenters. The number of carbonyl (C=O) groups is 1. The molecular formula is C18H22F4N2O6S. The van der Waals surface area contributed by atoms with Crippen LogP contribution >= 0.6 is 0 Å². The summed E-state index contributed by atoms with van der Waals surface area (Å²) in [5, 5.41) is 8.80. The van der Waals surface area contributed by atoms with Crippen LogP contribution in [0.5, 0.6) is 0 Å². The Morgan fingerprint density at radius 2 is 1.81 bits per heavy atom. The summed E-state index contributed by atoms with van der Waals surface area (Å²) in [6.45, 7) is -1.19. The molecule has 0 unspecified atom stereocenters. The fourth-order valence-electron chi connectivity index (χ4n) is 3.57. The number of likely N-dealkylation sites (tertiary alicyclic amines) is 1. The summed E-state index contributed by atoms with van der Waals surface area (Å²) in [6.07, 6.45) is -8.33. The van der Waals surface area contributed by atoms with Gasteiger partial charge in [0, 0.05) is 26.2 Å². The Morgan fingerprint density at radius 1 is 1.19 bits per heavy atom. The van der Waals surface area contributed by atoms with Gasteiger partial charge in [0.15, 0.2) is 0 Å². The minimum atomic E-state index is -4.89. The van der Waals surface area contributed by atoms with E-state index >= 15 is 0 Å². The Bertz CT molecular complexity index is 885. The van der Waals surface area contributed by atoms with Gasteiger partial charge in [0.05, 0.1) is 23.7 Å². The molecule has 0 bridgehead atoms. The van der Waals surface area contributed by atoms with Gasteiger partial charge in [-0.25, -0.2) is 17.6 Å². The second-order valence-corrected chi connectivity index (χ2v) is 9.35. The lowest BCUT2D eigenvalue weighted by Crippen LogP contribution is -2.58. The van der Waals surface area contributed by atoms with E-state index in [0.717, 1.165) is 17.0 Å². The predicted molar refractivity (Wildman–Crippen MR) is 98.1 cm³/mol. The van der Waals surface area contributed by atoms with E-state index in [1.807, 2.05) is 0 Å². The van der Waals surface area contributed by atoms with Gasteiger partial charge in [-0.2, -0.15) is 17.5 Å². The molecule has 0 saturated carbocycles. The maximum Gasteiger partial charge on any atom is 0.427 e. The van der Waals surface area contributed by atoms with Crippen molar-refractivity contribution in [2.75, 3.05) is 39.4 Å². The van der Waals surface area contributed by atoms with Crippen molar-refractivity contribution in [1.29, 1.82) is 0 Å². The van der Waals surface area contributed by atoms with Crippen molar-refractivity contribution in [3.63, 3.8) is 0 Å². The number of ether oxygens (including phenoxy) is 2. The molecule has 1 aromatic carbocycles. The van der Waals surface area contributed by atoms with Crippen LogP contribution in [-0.4, -0.2) is 86.1 Å². The number of nitrogens with zero attached hydrogens (tertiary/aromatic N) is 2. The molecular weight excluding hydrogens is 448 g/mol. The van der Waals surface area contributed by atoms with E-state index in [1.54, 1.807) is 0 Å². The normalized spacial score (nSPS) is 21.1. The quantitative estimate of drug-likeness (QED) is 0.674. The summed E-state index contributed by atoms with van der Waals surface area (Å²) in [4.78, 5) is 13.0. The number of morpholine rings is 1. The zero-order valence-corrected chi connectivity index (χ0v) is 17.2. The Hall–Kier alpha value is -1.96. The summed E-state index contributed by atoms with van der Waals surface area (Å²) in [6, 6.07) is 4.44. The van der Waals surface area contributed by atoms with Crippen molar-refractivity contribution < 1.29 is 45.4 Å². The van der Waals surface area contributed by atoms with Crippen molar-refractivity contribution in [2.45, 2.75) is 35.6 Å². The van der Waals surface area contributed by atoms with E-state index in [2.05, 4.69) is 4.74 Å². The van der Waals surface area contributed by atoms with Gasteiger partial charge in [0.2, 0.25) is 16.1 Å². The zero-order valence-electron chi connectivity index (χ0n) is 16.3. The van der Waals surface area contributed by atoms with Crippen LogP contribution in [0.25, 0.3) is 0 Å². The molecule has 3 rings (SSSR count). The molecule has 1 aromatic rings. The number of aliphatic hydroxyl groups is 1. The van der Waals surface area contributed by atoms with E-state index in [4.69, 9.17) is 9.84 Å². The van der Waals surface area contributed by atoms with Crippen LogP contribution in [0.4, 0.5) is 22.4 Å². The summed E-state index contributed by atoms with van der Waals surface area (Å²) < 4.78 is 88.3. The number of alkyl halides is 3. The number of sulfonamides is 1. The summed E-state index contributed by atoms with van der Waals surface area (Å²) >= 11 is 0. The molecule has 8 nitrogen and oxygen atoms in total. The van der Waals surface area contributed by atoms with Crippen molar-refractivity contribution in [2.24, 2.45) is 0 Å². The lowest BCUT2D eigenvalue weighted by Gasteiger charge is -2.46. The van der Waals surface area contributed by atoms with E-state index < -0.39 is 46.4 Å². The first-order valence-electron chi connectivity index (χ1n) is 9.50. The smallest absolute Gasteiger partial charge is 0.427 e. The van der Waals surface area contributed by atoms with Crippen LogP contribution in [0.2, 0.25) is 0 Å². The number of piperidine rings is 1. The Labute approximate surface area is 176 Å². The van der Waals surface area contributed by atoms with Crippen molar-refractivity contribution in [3.8, 4) is 0 Å². The van der Waals surface area contributed by atoms with Gasteiger partial charge >= 0.3 is 12.3 Å². The second kappa shape index (κ2) is 8.88. The van der Waals surface area contributed by atoms with Gasteiger partial charge < -0.3 is 19.5 Å². The average Bonchev–Trinajstić information content (AvgIpc) is 2.72. The molecule has 2 heterocycles. The average molecular weight is 470 g/mol. The first-order valence-corrected chi connectivity index (χ1v) is 10.9. The standard InChI is InChI=1S/C18H22F4N2O6S/c19-13-1-3-14(4-2-13)31(27,28)24-9-10-29-17(12-24)5-7-23(8-6-17)16(26)30-15(11-25)18(20,21)22/h1-4,15,25H,5-12H2/t15-/m1/s1. The van der Waals surface area contributed by atoms with Gasteiger partial charge in [0.1, 0.15) is 5.82 Å². The number of amides is 1. The Balaban J connectivity index is 1.63. The van der Waals surface area contributed by atoms with Crippen molar-refractivity contribution in [1.82, 2.24) is 9.21 Å². The number of aliphatic hydroxyl groups excluding tert-OH is 1. The zero-order chi connectivity index (χ0) is 22.9. The summed E-state index contributed by atoms with van der Waals surface area (Å²) in [5.74, 6) is -0.564. The van der Waals surface area contributed by atoms with Crippen LogP contribution in [0.15, 0.2) is 29.2 Å². The molecule has 1 spiro atoms. The first-order chi connectivity index (χ1) is 14.5. The van der Waals surface area contributed by atoms with Gasteiger partial charge in [-0.1, -0.05) is 0 Å². The largest absolute Gasteiger partial charge is 0.434 e. The second-order valence-electron chi connectivity index (χ2n) is 7.41. The van der Waals surface area contributed by atoms with Crippen LogP contribution in [-0.2, 0) is 19.5 Å². The number of benzene rings is 1. The van der Waals surface area contributed by atoms with E-state index in [1.165, 1.54) is 16.4 Å². The van der Waals surface area contributed by atoms with Crippen LogP contribution in [0, 0.1) is 5.82 Å². The van der Waals surface area contributed by atoms with Gasteiger partial charge in [-0.3, -0.25) is 0 Å². The Morgan fingerprint density at radius 3 is 2.35 bits per heavy atom. The fourth-order valence-corrected chi connectivity index (χ4v) is 5.07. The number of rotatable bonds is 4. The highest BCUT2D eigenvalue weighted by Gasteiger charge is 2.46. The van der Waals surface area contributed by atoms with Crippen LogP contribution in [0.1, 0.15) is 12.8 Å². The van der Waals surface area contributed by atoms with Gasteiger partial charge in [-0.15, -0.1) is 0 Å². The topological polar surface area (TPSA) is 96.4 Å². The third kappa shape index (κ3) is 5.27. The highest BCUT2D eigenvalue weighted by atomic mass is 32.2. The first kappa shape index (κ1) is 23.7. The van der Waals surface area contributed by atoms with Gasteiger partial charge in [-0.05, 0) is 37.1 Å². The highest BCUT2D eigenvalue weighted by molar-refractivity contribution is 7.89. The molecule has 2 saturated heterocycles. The predicted octanol–water partition coefficient (Wildman–Crippen LogP) is 1.74. The van der Waals surface area contributed by atoms with Crippen LogP contribution < -0.4 is 0 Å². The Kier molecular flexibility index (Phi) is 6.79. The third-order valence-electron chi connectivity index (χ3n) is 5.37. The van der Waals surface area contributed by atoms with Crippen LogP contribution in [0.3, 0.4) is 0 Å². The summed E-state index contributed by atoms with van der Waals surface area (Å²) in [7, 11) is -3.89. The summed E-state index contributed by atoms with van der Waals surface area (Å²) in [5.41, 5.74) is -0.900. The third-order valence-corrected chi connectivity index (χ3v) is 7.23. The lowest BCUT2D eigenvalue weighted by molar-refractivity contribution is -0.215. The van der Waals surface area contributed by atoms with Crippen molar-refractivity contribution >= 4 is 16.1 Å². The maximum atomic E-state index is 13.1. The fraction of sp³-hybridized carbons (Fsp3) is 0.611. The molecule has 0 radical (unpaired) electrons. The van der Waals surface area contributed by atoms with E-state index in [-0.39, 0.29) is 50.5 Å². The number of carbonyl (C=O) groups excluding carboxylic acids is 1. The highest BCUT2D eigenvalue weighted by Crippen LogP contribution is 2.33. The lowest BCUT2D eigenvalue weighted by atomic mass is 9.90. The monoisotopic (exact) mass is 470 g/mol. The molecule has 0 aromatic heterocycles. The molecule has 2 fully saturated rings. The number of hydrogen-bond donors (Lipinski definition) is 1. The minimum absolute atomic E-state index is 0.000719. The number of hydrogen-bond acceptors (Lipinski definition) is 6. The SMILES string of the molecule is O=C(O[C@H](CO)C(F)(F)F)N1CCC2(CC1)CN(S(=O)(=O)c1ccc(F)cc1)CCO2. The molecule has 0 aliphatic carbocycles. The van der Waals surface area contributed by atoms with E-state index in [0.29, 0.717) is 0 Å². The van der Waals surface area contributed by atoms with Gasteiger partial charge in [0.25, 0.3) is 0 Å².